The summed E-state index contributed by atoms with van der Waals surface area (Å²) in [4.78, 5) is 12.1. The van der Waals surface area contributed by atoms with E-state index in [1.165, 1.54) is 0 Å². The third-order valence-corrected chi connectivity index (χ3v) is 3.66. The fraction of sp³-hybridized carbons (Fsp3) is 0.133. The summed E-state index contributed by atoms with van der Waals surface area (Å²) in [6.45, 7) is 0.968. The molecule has 0 bridgehead atoms. The van der Waals surface area contributed by atoms with E-state index in [4.69, 9.17) is 25.8 Å². The number of benzene rings is 2. The average Bonchev–Trinajstić information content (AvgIpc) is 2.49. The quantitative estimate of drug-likeness (QED) is 0.591. The highest BCUT2D eigenvalue weighted by Gasteiger charge is 2.17. The zero-order chi connectivity index (χ0) is 14.8. The summed E-state index contributed by atoms with van der Waals surface area (Å²) < 4.78 is 16.9. The molecule has 1 heterocycles. The number of halogens is 2. The summed E-state index contributed by atoms with van der Waals surface area (Å²) in [6.07, 6.45) is 0. The van der Waals surface area contributed by atoms with Gasteiger partial charge in [-0.2, -0.15) is 0 Å². The molecule has 1 aliphatic rings. The van der Waals surface area contributed by atoms with Crippen LogP contribution in [0.3, 0.4) is 0 Å². The van der Waals surface area contributed by atoms with Crippen LogP contribution in [0.5, 0.6) is 17.2 Å². The van der Waals surface area contributed by atoms with Gasteiger partial charge in [-0.3, -0.25) is 0 Å². The molecule has 0 unspecified atom stereocenters. The smallest absolute Gasteiger partial charge is 0.343 e. The Morgan fingerprint density at radius 2 is 1.86 bits per heavy atom. The minimum Gasteiger partial charge on any atom is -0.486 e. The first-order chi connectivity index (χ1) is 10.1. The predicted octanol–water partition coefficient (Wildman–Crippen LogP) is 4.09. The lowest BCUT2D eigenvalue weighted by Crippen LogP contribution is -2.16. The molecule has 0 N–H and O–H groups in total. The first-order valence-electron chi connectivity index (χ1n) is 6.20. The first kappa shape index (κ1) is 14.2. The molecule has 0 aliphatic carbocycles. The number of carbonyl (C=O) groups excluding carboxylic acids is 1. The highest BCUT2D eigenvalue weighted by atomic mass is 79.9. The van der Waals surface area contributed by atoms with Crippen LogP contribution in [0.4, 0.5) is 0 Å². The SMILES string of the molecule is O=C(Oc1ccc(Br)cc1Cl)c1ccc2c(c1)OCCO2. The van der Waals surface area contributed by atoms with Crippen molar-refractivity contribution in [1.29, 1.82) is 0 Å². The van der Waals surface area contributed by atoms with Crippen LogP contribution < -0.4 is 14.2 Å². The van der Waals surface area contributed by atoms with E-state index in [2.05, 4.69) is 15.9 Å². The minimum absolute atomic E-state index is 0.305. The number of ether oxygens (including phenoxy) is 3. The molecule has 2 aromatic rings. The highest BCUT2D eigenvalue weighted by Crippen LogP contribution is 2.32. The van der Waals surface area contributed by atoms with E-state index in [1.807, 2.05) is 0 Å². The van der Waals surface area contributed by atoms with Gasteiger partial charge < -0.3 is 14.2 Å². The summed E-state index contributed by atoms with van der Waals surface area (Å²) in [7, 11) is 0. The Balaban J connectivity index is 1.82. The molecule has 0 saturated carbocycles. The Labute approximate surface area is 134 Å². The van der Waals surface area contributed by atoms with E-state index < -0.39 is 5.97 Å². The molecule has 0 saturated heterocycles. The Kier molecular flexibility index (Phi) is 4.03. The molecule has 4 nitrogen and oxygen atoms in total. The third-order valence-electron chi connectivity index (χ3n) is 2.87. The van der Waals surface area contributed by atoms with Crippen molar-refractivity contribution in [1.82, 2.24) is 0 Å². The van der Waals surface area contributed by atoms with Crippen molar-refractivity contribution in [3.63, 3.8) is 0 Å². The Bertz CT molecular complexity index is 702. The Morgan fingerprint density at radius 3 is 2.62 bits per heavy atom. The van der Waals surface area contributed by atoms with Gasteiger partial charge in [-0.25, -0.2) is 4.79 Å². The van der Waals surface area contributed by atoms with Gasteiger partial charge in [-0.15, -0.1) is 0 Å². The van der Waals surface area contributed by atoms with Gasteiger partial charge in [-0.05, 0) is 36.4 Å². The second kappa shape index (κ2) is 5.95. The maximum Gasteiger partial charge on any atom is 0.343 e. The molecule has 1 aliphatic heterocycles. The van der Waals surface area contributed by atoms with Crippen LogP contribution in [-0.4, -0.2) is 19.2 Å². The van der Waals surface area contributed by atoms with Crippen LogP contribution in [0.2, 0.25) is 5.02 Å². The molecule has 6 heteroatoms. The van der Waals surface area contributed by atoms with Crippen LogP contribution in [0.15, 0.2) is 40.9 Å². The van der Waals surface area contributed by atoms with Gasteiger partial charge in [-0.1, -0.05) is 27.5 Å². The largest absolute Gasteiger partial charge is 0.486 e. The van der Waals surface area contributed by atoms with Crippen molar-refractivity contribution in [2.75, 3.05) is 13.2 Å². The molecule has 0 amide bonds. The molecule has 0 fully saturated rings. The van der Waals surface area contributed by atoms with Gasteiger partial charge in [0.2, 0.25) is 0 Å². The number of rotatable bonds is 2. The van der Waals surface area contributed by atoms with Gasteiger partial charge in [0.15, 0.2) is 11.5 Å². The van der Waals surface area contributed by atoms with Gasteiger partial charge in [0.05, 0.1) is 10.6 Å². The summed E-state index contributed by atoms with van der Waals surface area (Å²) in [5.41, 5.74) is 0.373. The molecular weight excluding hydrogens is 360 g/mol. The molecule has 108 valence electrons. The van der Waals surface area contributed by atoms with E-state index in [0.717, 1.165) is 4.47 Å². The van der Waals surface area contributed by atoms with Gasteiger partial charge in [0, 0.05) is 4.47 Å². The van der Waals surface area contributed by atoms with E-state index in [0.29, 0.717) is 41.0 Å². The topological polar surface area (TPSA) is 44.8 Å². The summed E-state index contributed by atoms with van der Waals surface area (Å²) in [5.74, 6) is 0.966. The second-order valence-corrected chi connectivity index (χ2v) is 5.65. The molecule has 0 aromatic heterocycles. The van der Waals surface area contributed by atoms with Crippen molar-refractivity contribution >= 4 is 33.5 Å². The minimum atomic E-state index is -0.504. The summed E-state index contributed by atoms with van der Waals surface area (Å²) >= 11 is 9.32. The summed E-state index contributed by atoms with van der Waals surface area (Å²) in [6, 6.07) is 9.95. The summed E-state index contributed by atoms with van der Waals surface area (Å²) in [5, 5.41) is 0.357. The lowest BCUT2D eigenvalue weighted by molar-refractivity contribution is 0.0733. The number of fused-ring (bicyclic) bond motifs is 1. The fourth-order valence-electron chi connectivity index (χ4n) is 1.89. The van der Waals surface area contributed by atoms with Gasteiger partial charge >= 0.3 is 5.97 Å². The monoisotopic (exact) mass is 368 g/mol. The molecule has 2 aromatic carbocycles. The first-order valence-corrected chi connectivity index (χ1v) is 7.37. The van der Waals surface area contributed by atoms with Crippen LogP contribution in [0.1, 0.15) is 10.4 Å². The lowest BCUT2D eigenvalue weighted by Gasteiger charge is -2.18. The number of hydrogen-bond acceptors (Lipinski definition) is 4. The van der Waals surface area contributed by atoms with Gasteiger partial charge in [0.25, 0.3) is 0 Å². The normalized spacial score (nSPS) is 12.9. The Hall–Kier alpha value is -1.72. The second-order valence-electron chi connectivity index (χ2n) is 4.32. The van der Waals surface area contributed by atoms with Crippen LogP contribution in [0, 0.1) is 0 Å². The van der Waals surface area contributed by atoms with Gasteiger partial charge in [0.1, 0.15) is 19.0 Å². The maximum absolute atomic E-state index is 12.1. The fourth-order valence-corrected chi connectivity index (χ4v) is 2.60. The highest BCUT2D eigenvalue weighted by molar-refractivity contribution is 9.10. The molecular formula is C15H10BrClO4. The zero-order valence-electron chi connectivity index (χ0n) is 10.8. The molecule has 21 heavy (non-hydrogen) atoms. The molecule has 0 radical (unpaired) electrons. The van der Waals surface area contributed by atoms with E-state index in [-0.39, 0.29) is 0 Å². The standard InChI is InChI=1S/C15H10BrClO4/c16-10-2-4-12(11(17)8-10)21-15(18)9-1-3-13-14(7-9)20-6-5-19-13/h1-4,7-8H,5-6H2. The van der Waals surface area contributed by atoms with Crippen molar-refractivity contribution < 1.29 is 19.0 Å². The molecule has 0 spiro atoms. The van der Waals surface area contributed by atoms with Crippen molar-refractivity contribution in [3.05, 3.63) is 51.5 Å². The van der Waals surface area contributed by atoms with Crippen LogP contribution in [-0.2, 0) is 0 Å². The average molecular weight is 370 g/mol. The van der Waals surface area contributed by atoms with E-state index >= 15 is 0 Å². The lowest BCUT2D eigenvalue weighted by atomic mass is 10.2. The zero-order valence-corrected chi connectivity index (χ0v) is 13.1. The van der Waals surface area contributed by atoms with Crippen LogP contribution in [0.25, 0.3) is 0 Å². The van der Waals surface area contributed by atoms with E-state index in [1.54, 1.807) is 36.4 Å². The third kappa shape index (κ3) is 3.14. The van der Waals surface area contributed by atoms with Crippen molar-refractivity contribution in [2.45, 2.75) is 0 Å². The van der Waals surface area contributed by atoms with Crippen molar-refractivity contribution in [3.8, 4) is 17.2 Å². The predicted molar refractivity (Wildman–Crippen MR) is 81.5 cm³/mol. The number of hydrogen-bond donors (Lipinski definition) is 0. The molecule has 0 atom stereocenters. The Morgan fingerprint density at radius 1 is 1.10 bits per heavy atom. The van der Waals surface area contributed by atoms with Crippen molar-refractivity contribution in [2.24, 2.45) is 0 Å². The maximum atomic E-state index is 12.1. The number of carbonyl (C=O) groups is 1. The van der Waals surface area contributed by atoms with E-state index in [9.17, 15) is 4.79 Å². The molecule has 3 rings (SSSR count). The number of esters is 1. The van der Waals surface area contributed by atoms with Crippen LogP contribution >= 0.6 is 27.5 Å².